The summed E-state index contributed by atoms with van der Waals surface area (Å²) in [6.07, 6.45) is 5.29. The molecule has 0 bridgehead atoms. The summed E-state index contributed by atoms with van der Waals surface area (Å²) in [5.41, 5.74) is 1.78. The van der Waals surface area contributed by atoms with Crippen molar-refractivity contribution in [2.45, 2.75) is 26.4 Å². The minimum Gasteiger partial charge on any atom is -0.394 e. The van der Waals surface area contributed by atoms with Gasteiger partial charge in [-0.2, -0.15) is 9.61 Å². The fourth-order valence-electron chi connectivity index (χ4n) is 2.44. The van der Waals surface area contributed by atoms with Gasteiger partial charge in [-0.25, -0.2) is 4.98 Å². The molecular weight excluding hydrogens is 384 g/mol. The number of aliphatic hydroxyl groups is 1. The van der Waals surface area contributed by atoms with Crippen LogP contribution in [0.4, 0.5) is 11.6 Å². The summed E-state index contributed by atoms with van der Waals surface area (Å²) in [6.45, 7) is 4.78. The largest absolute Gasteiger partial charge is 0.394 e. The lowest BCUT2D eigenvalue weighted by atomic mass is 10.1. The van der Waals surface area contributed by atoms with E-state index < -0.39 is 0 Å². The Hall–Kier alpha value is -2.19. The highest BCUT2D eigenvalue weighted by Crippen LogP contribution is 2.23. The maximum atomic E-state index is 9.57. The molecule has 3 aromatic rings. The van der Waals surface area contributed by atoms with Crippen molar-refractivity contribution in [3.63, 3.8) is 0 Å². The minimum atomic E-state index is -0.0668. The number of rotatable bonds is 7. The van der Waals surface area contributed by atoms with Crippen LogP contribution < -0.4 is 10.6 Å². The average Bonchev–Trinajstić information content (AvgIpc) is 2.99. The highest BCUT2D eigenvalue weighted by Gasteiger charge is 2.15. The Kier molecular flexibility index (Phi) is 5.50. The Labute approximate surface area is 154 Å². The van der Waals surface area contributed by atoms with E-state index in [0.717, 1.165) is 15.9 Å². The lowest BCUT2D eigenvalue weighted by Crippen LogP contribution is -2.30. The van der Waals surface area contributed by atoms with Crippen molar-refractivity contribution in [3.8, 4) is 0 Å². The van der Waals surface area contributed by atoms with Gasteiger partial charge >= 0.3 is 0 Å². The normalized spacial score (nSPS) is 12.5. The lowest BCUT2D eigenvalue weighted by molar-refractivity contribution is 0.249. The van der Waals surface area contributed by atoms with Crippen molar-refractivity contribution in [3.05, 3.63) is 46.8 Å². The molecule has 0 unspecified atom stereocenters. The Morgan fingerprint density at radius 1 is 1.32 bits per heavy atom. The Balaban J connectivity index is 1.90. The van der Waals surface area contributed by atoms with Gasteiger partial charge in [0, 0.05) is 25.0 Å². The molecule has 0 saturated carbocycles. The zero-order valence-corrected chi connectivity index (χ0v) is 15.7. The van der Waals surface area contributed by atoms with Crippen LogP contribution in [0.2, 0.25) is 0 Å². The molecule has 3 rings (SSSR count). The Morgan fingerprint density at radius 3 is 2.84 bits per heavy atom. The third-order valence-electron chi connectivity index (χ3n) is 3.96. The molecule has 0 aromatic carbocycles. The SMILES string of the molecule is CC(C)[C@@H](CO)Nc1cc(NCc2cccnc2)n2ncc(Br)c2n1. The first-order valence-electron chi connectivity index (χ1n) is 8.13. The van der Waals surface area contributed by atoms with Crippen LogP contribution in [0.3, 0.4) is 0 Å². The van der Waals surface area contributed by atoms with Gasteiger partial charge in [-0.15, -0.1) is 0 Å². The molecule has 0 aliphatic carbocycles. The van der Waals surface area contributed by atoms with E-state index in [2.05, 4.69) is 55.5 Å². The highest BCUT2D eigenvalue weighted by atomic mass is 79.9. The molecular formula is C17H21BrN6O. The lowest BCUT2D eigenvalue weighted by Gasteiger charge is -2.21. The summed E-state index contributed by atoms with van der Waals surface area (Å²) < 4.78 is 2.56. The number of aromatic nitrogens is 4. The van der Waals surface area contributed by atoms with E-state index in [1.165, 1.54) is 0 Å². The van der Waals surface area contributed by atoms with Gasteiger partial charge in [0.05, 0.1) is 23.3 Å². The number of nitrogens with zero attached hydrogens (tertiary/aromatic N) is 4. The molecule has 1 atom stereocenters. The second-order valence-corrected chi connectivity index (χ2v) is 7.00. The van der Waals surface area contributed by atoms with Crippen molar-refractivity contribution in [1.29, 1.82) is 0 Å². The van der Waals surface area contributed by atoms with Gasteiger partial charge in [-0.05, 0) is 33.5 Å². The van der Waals surface area contributed by atoms with Crippen molar-refractivity contribution in [2.24, 2.45) is 5.92 Å². The zero-order valence-electron chi connectivity index (χ0n) is 14.1. The third kappa shape index (κ3) is 4.08. The van der Waals surface area contributed by atoms with Crippen molar-refractivity contribution >= 4 is 33.2 Å². The Bertz CT molecular complexity index is 836. The van der Waals surface area contributed by atoms with Crippen LogP contribution in [0.15, 0.2) is 41.3 Å². The Morgan fingerprint density at radius 2 is 2.16 bits per heavy atom. The number of fused-ring (bicyclic) bond motifs is 1. The molecule has 8 heteroatoms. The first-order valence-corrected chi connectivity index (χ1v) is 8.92. The van der Waals surface area contributed by atoms with Crippen LogP contribution in [-0.4, -0.2) is 37.3 Å². The van der Waals surface area contributed by atoms with E-state index in [-0.39, 0.29) is 18.6 Å². The predicted molar refractivity (Wildman–Crippen MR) is 102 cm³/mol. The van der Waals surface area contributed by atoms with Gasteiger partial charge in [-0.3, -0.25) is 4.98 Å². The smallest absolute Gasteiger partial charge is 0.173 e. The van der Waals surface area contributed by atoms with Gasteiger partial charge in [0.15, 0.2) is 5.65 Å². The molecule has 7 nitrogen and oxygen atoms in total. The number of hydrogen-bond acceptors (Lipinski definition) is 6. The maximum Gasteiger partial charge on any atom is 0.173 e. The molecule has 0 aliphatic heterocycles. The fourth-order valence-corrected chi connectivity index (χ4v) is 2.79. The molecule has 0 amide bonds. The third-order valence-corrected chi connectivity index (χ3v) is 4.52. The molecule has 0 aliphatic rings. The minimum absolute atomic E-state index is 0.0450. The number of hydrogen-bond donors (Lipinski definition) is 3. The van der Waals surface area contributed by atoms with Gasteiger partial charge in [-0.1, -0.05) is 19.9 Å². The van der Waals surface area contributed by atoms with E-state index in [4.69, 9.17) is 0 Å². The monoisotopic (exact) mass is 404 g/mol. The fraction of sp³-hybridized carbons (Fsp3) is 0.353. The molecule has 3 aromatic heterocycles. The highest BCUT2D eigenvalue weighted by molar-refractivity contribution is 9.10. The van der Waals surface area contributed by atoms with E-state index >= 15 is 0 Å². The predicted octanol–water partition coefficient (Wildman–Crippen LogP) is 2.93. The molecule has 3 heterocycles. The molecule has 0 spiro atoms. The number of aliphatic hydroxyl groups excluding tert-OH is 1. The first-order chi connectivity index (χ1) is 12.1. The topological polar surface area (TPSA) is 87.4 Å². The van der Waals surface area contributed by atoms with E-state index in [0.29, 0.717) is 18.0 Å². The van der Waals surface area contributed by atoms with Crippen LogP contribution in [0, 0.1) is 5.92 Å². The molecule has 0 saturated heterocycles. The van der Waals surface area contributed by atoms with Crippen LogP contribution in [0.5, 0.6) is 0 Å². The van der Waals surface area contributed by atoms with Crippen molar-refractivity contribution in [1.82, 2.24) is 19.6 Å². The molecule has 0 fully saturated rings. The van der Waals surface area contributed by atoms with Gasteiger partial charge in [0.1, 0.15) is 11.6 Å². The van der Waals surface area contributed by atoms with Gasteiger partial charge in [0.25, 0.3) is 0 Å². The second-order valence-electron chi connectivity index (χ2n) is 6.15. The van der Waals surface area contributed by atoms with Crippen LogP contribution in [-0.2, 0) is 6.54 Å². The first kappa shape index (κ1) is 17.6. The van der Waals surface area contributed by atoms with Crippen LogP contribution >= 0.6 is 15.9 Å². The van der Waals surface area contributed by atoms with Crippen LogP contribution in [0.25, 0.3) is 5.65 Å². The summed E-state index contributed by atoms with van der Waals surface area (Å²) in [4.78, 5) is 8.73. The number of pyridine rings is 1. The zero-order chi connectivity index (χ0) is 17.8. The van der Waals surface area contributed by atoms with Crippen molar-refractivity contribution < 1.29 is 5.11 Å². The molecule has 132 valence electrons. The van der Waals surface area contributed by atoms with E-state index in [9.17, 15) is 5.11 Å². The molecule has 25 heavy (non-hydrogen) atoms. The number of anilines is 2. The molecule has 0 radical (unpaired) electrons. The van der Waals surface area contributed by atoms with Gasteiger partial charge in [0.2, 0.25) is 0 Å². The summed E-state index contributed by atoms with van der Waals surface area (Å²) >= 11 is 3.48. The van der Waals surface area contributed by atoms with Crippen LogP contribution in [0.1, 0.15) is 19.4 Å². The van der Waals surface area contributed by atoms with Gasteiger partial charge < -0.3 is 15.7 Å². The molecule has 3 N–H and O–H groups in total. The number of halogens is 1. The maximum absolute atomic E-state index is 9.57. The summed E-state index contributed by atoms with van der Waals surface area (Å²) in [6, 6.07) is 5.75. The summed E-state index contributed by atoms with van der Waals surface area (Å²) in [5.74, 6) is 1.78. The quantitative estimate of drug-likeness (QED) is 0.560. The van der Waals surface area contributed by atoms with Crippen molar-refractivity contribution in [2.75, 3.05) is 17.2 Å². The summed E-state index contributed by atoms with van der Waals surface area (Å²) in [5, 5.41) is 20.6. The van der Waals surface area contributed by atoms with E-state index in [1.54, 1.807) is 16.9 Å². The van der Waals surface area contributed by atoms with E-state index in [1.807, 2.05) is 24.4 Å². The summed E-state index contributed by atoms with van der Waals surface area (Å²) in [7, 11) is 0. The average molecular weight is 405 g/mol. The number of nitrogens with one attached hydrogen (secondary N) is 2. The standard InChI is InChI=1S/C17H21BrN6O/c1-11(2)14(10-25)22-15-6-16(20-8-12-4-3-5-19-7-12)24-17(23-15)13(18)9-21-24/h3-7,9,11,14,20,25H,8,10H2,1-2H3,(H,22,23)/t14-/m1/s1. The second kappa shape index (κ2) is 7.79.